The van der Waals surface area contributed by atoms with Gasteiger partial charge < -0.3 is 0 Å². The van der Waals surface area contributed by atoms with Crippen LogP contribution >= 0.6 is 0 Å². The zero-order valence-electron chi connectivity index (χ0n) is 10.1. The molecule has 0 saturated heterocycles. The van der Waals surface area contributed by atoms with Crippen LogP contribution in [0.25, 0.3) is 0 Å². The van der Waals surface area contributed by atoms with Crippen LogP contribution in [-0.2, 0) is 6.54 Å². The monoisotopic (exact) mass is 207 g/mol. The lowest BCUT2D eigenvalue weighted by molar-refractivity contribution is 0.598. The molecule has 3 heteroatoms. The van der Waals surface area contributed by atoms with E-state index in [1.54, 1.807) is 0 Å². The first kappa shape index (κ1) is 12.2. The van der Waals surface area contributed by atoms with Gasteiger partial charge in [0.2, 0.25) is 0 Å². The molecule has 4 N–H and O–H groups in total. The highest BCUT2D eigenvalue weighted by Crippen LogP contribution is 2.21. The minimum atomic E-state index is 0.631. The second kappa shape index (κ2) is 5.26. The highest BCUT2D eigenvalue weighted by Gasteiger charge is 2.07. The molecule has 15 heavy (non-hydrogen) atoms. The van der Waals surface area contributed by atoms with Crippen molar-refractivity contribution in [3.05, 3.63) is 33.9 Å². The molecule has 0 amide bonds. The van der Waals surface area contributed by atoms with E-state index in [2.05, 4.69) is 44.5 Å². The van der Waals surface area contributed by atoms with Gasteiger partial charge in [0, 0.05) is 6.54 Å². The molecule has 0 heterocycles. The first-order valence-electron chi connectivity index (χ1n) is 5.28. The van der Waals surface area contributed by atoms with E-state index in [0.717, 1.165) is 6.54 Å². The Labute approximate surface area is 92.0 Å². The van der Waals surface area contributed by atoms with Gasteiger partial charge in [0.25, 0.3) is 0 Å². The average Bonchev–Trinajstić information content (AvgIpc) is 2.20. The van der Waals surface area contributed by atoms with Gasteiger partial charge in [0.1, 0.15) is 0 Å². The van der Waals surface area contributed by atoms with E-state index in [1.807, 2.05) is 0 Å². The highest BCUT2D eigenvalue weighted by molar-refractivity contribution is 5.43. The van der Waals surface area contributed by atoms with Gasteiger partial charge in [-0.3, -0.25) is 11.2 Å². The molecule has 0 radical (unpaired) electrons. The number of hydrogen-bond donors (Lipinski definition) is 3. The number of hydrogen-bond acceptors (Lipinski definition) is 3. The van der Waals surface area contributed by atoms with E-state index in [-0.39, 0.29) is 0 Å². The Morgan fingerprint density at radius 2 is 1.60 bits per heavy atom. The lowest BCUT2D eigenvalue weighted by Crippen LogP contribution is -2.33. The third-order valence-corrected chi connectivity index (χ3v) is 3.05. The normalized spacial score (nSPS) is 10.7. The van der Waals surface area contributed by atoms with Crippen LogP contribution in [-0.4, -0.2) is 6.67 Å². The fraction of sp³-hybridized carbons (Fsp3) is 0.500. The predicted octanol–water partition coefficient (Wildman–Crippen LogP) is 1.43. The largest absolute Gasteiger partial charge is 0.299 e. The quantitative estimate of drug-likeness (QED) is 0.303. The van der Waals surface area contributed by atoms with Crippen molar-refractivity contribution in [3.8, 4) is 0 Å². The number of nitrogens with one attached hydrogen (secondary N) is 2. The third kappa shape index (κ3) is 2.78. The van der Waals surface area contributed by atoms with Crippen LogP contribution in [0.4, 0.5) is 0 Å². The van der Waals surface area contributed by atoms with Gasteiger partial charge in [-0.05, 0) is 55.5 Å². The maximum absolute atomic E-state index is 5.22. The van der Waals surface area contributed by atoms with Crippen molar-refractivity contribution < 1.29 is 0 Å². The molecule has 0 aliphatic heterocycles. The van der Waals surface area contributed by atoms with Crippen molar-refractivity contribution >= 4 is 0 Å². The third-order valence-electron chi connectivity index (χ3n) is 3.05. The molecule has 0 bridgehead atoms. The molecule has 1 aromatic rings. The molecule has 0 saturated carbocycles. The molecule has 0 unspecified atom stereocenters. The molecule has 0 aliphatic carbocycles. The zero-order valence-corrected chi connectivity index (χ0v) is 10.1. The SMILES string of the molecule is Cc1cc(C)c(C)c(CNCNN)c1C. The fourth-order valence-corrected chi connectivity index (χ4v) is 1.82. The van der Waals surface area contributed by atoms with E-state index in [4.69, 9.17) is 5.84 Å². The molecule has 0 spiro atoms. The lowest BCUT2D eigenvalue weighted by atomic mass is 9.94. The van der Waals surface area contributed by atoms with Crippen LogP contribution in [0.5, 0.6) is 0 Å². The summed E-state index contributed by atoms with van der Waals surface area (Å²) in [5.74, 6) is 5.22. The second-order valence-corrected chi connectivity index (χ2v) is 4.05. The summed E-state index contributed by atoms with van der Waals surface area (Å²) in [7, 11) is 0. The summed E-state index contributed by atoms with van der Waals surface area (Å²) in [6.45, 7) is 10.2. The van der Waals surface area contributed by atoms with Gasteiger partial charge in [0.15, 0.2) is 0 Å². The smallest absolute Gasteiger partial charge is 0.0590 e. The van der Waals surface area contributed by atoms with Crippen LogP contribution in [0.15, 0.2) is 6.07 Å². The van der Waals surface area contributed by atoms with Crippen LogP contribution < -0.4 is 16.6 Å². The molecule has 0 aromatic heterocycles. The van der Waals surface area contributed by atoms with Crippen molar-refractivity contribution in [2.24, 2.45) is 5.84 Å². The van der Waals surface area contributed by atoms with Crippen molar-refractivity contribution in [2.75, 3.05) is 6.67 Å². The topological polar surface area (TPSA) is 50.1 Å². The fourth-order valence-electron chi connectivity index (χ4n) is 1.82. The van der Waals surface area contributed by atoms with Crippen LogP contribution in [0, 0.1) is 27.7 Å². The summed E-state index contributed by atoms with van der Waals surface area (Å²) >= 11 is 0. The second-order valence-electron chi connectivity index (χ2n) is 4.05. The van der Waals surface area contributed by atoms with Crippen molar-refractivity contribution in [2.45, 2.75) is 34.2 Å². The van der Waals surface area contributed by atoms with Crippen LogP contribution in [0.3, 0.4) is 0 Å². The van der Waals surface area contributed by atoms with Gasteiger partial charge in [-0.2, -0.15) is 0 Å². The Morgan fingerprint density at radius 3 is 2.07 bits per heavy atom. The number of aryl methyl sites for hydroxylation is 2. The highest BCUT2D eigenvalue weighted by atomic mass is 15.3. The van der Waals surface area contributed by atoms with Crippen molar-refractivity contribution in [1.82, 2.24) is 10.7 Å². The Kier molecular flexibility index (Phi) is 4.27. The Hall–Kier alpha value is -0.900. The summed E-state index contributed by atoms with van der Waals surface area (Å²) in [6.07, 6.45) is 0. The number of nitrogens with two attached hydrogens (primary N) is 1. The minimum absolute atomic E-state index is 0.631. The van der Waals surface area contributed by atoms with E-state index >= 15 is 0 Å². The first-order chi connectivity index (χ1) is 7.07. The van der Waals surface area contributed by atoms with Gasteiger partial charge in [0.05, 0.1) is 6.67 Å². The predicted molar refractivity (Wildman–Crippen MR) is 64.4 cm³/mol. The molecule has 3 nitrogen and oxygen atoms in total. The van der Waals surface area contributed by atoms with Gasteiger partial charge in [-0.25, -0.2) is 5.43 Å². The van der Waals surface area contributed by atoms with E-state index in [9.17, 15) is 0 Å². The van der Waals surface area contributed by atoms with Crippen molar-refractivity contribution in [1.29, 1.82) is 0 Å². The summed E-state index contributed by atoms with van der Waals surface area (Å²) in [4.78, 5) is 0. The summed E-state index contributed by atoms with van der Waals surface area (Å²) < 4.78 is 0. The van der Waals surface area contributed by atoms with Crippen LogP contribution in [0.1, 0.15) is 27.8 Å². The summed E-state index contributed by atoms with van der Waals surface area (Å²) in [5.41, 5.74) is 9.46. The minimum Gasteiger partial charge on any atom is -0.299 e. The molecule has 0 atom stereocenters. The van der Waals surface area contributed by atoms with Crippen molar-refractivity contribution in [3.63, 3.8) is 0 Å². The Bertz CT molecular complexity index is 319. The van der Waals surface area contributed by atoms with E-state index in [1.165, 1.54) is 27.8 Å². The lowest BCUT2D eigenvalue weighted by Gasteiger charge is -2.15. The summed E-state index contributed by atoms with van der Waals surface area (Å²) in [6, 6.07) is 2.25. The zero-order chi connectivity index (χ0) is 11.4. The molecule has 1 aromatic carbocycles. The standard InChI is InChI=1S/C12H21N3/c1-8-5-9(2)11(4)12(10(8)3)6-14-7-15-13/h5,14-15H,6-7,13H2,1-4H3. The average molecular weight is 207 g/mol. The molecular formula is C12H21N3. The number of hydrazine groups is 1. The molecular weight excluding hydrogens is 186 g/mol. The molecule has 84 valence electrons. The molecule has 1 rings (SSSR count). The van der Waals surface area contributed by atoms with Gasteiger partial charge >= 0.3 is 0 Å². The summed E-state index contributed by atoms with van der Waals surface area (Å²) in [5, 5.41) is 3.25. The number of rotatable bonds is 4. The Balaban J connectivity index is 2.94. The van der Waals surface area contributed by atoms with E-state index in [0.29, 0.717) is 6.67 Å². The number of benzene rings is 1. The molecule has 0 aliphatic rings. The molecule has 0 fully saturated rings. The maximum atomic E-state index is 5.22. The maximum Gasteiger partial charge on any atom is 0.0590 e. The van der Waals surface area contributed by atoms with Gasteiger partial charge in [-0.15, -0.1) is 0 Å². The first-order valence-corrected chi connectivity index (χ1v) is 5.28. The van der Waals surface area contributed by atoms with Gasteiger partial charge in [-0.1, -0.05) is 6.07 Å². The Morgan fingerprint density at radius 1 is 1.07 bits per heavy atom. The van der Waals surface area contributed by atoms with Crippen LogP contribution in [0.2, 0.25) is 0 Å². The van der Waals surface area contributed by atoms with E-state index < -0.39 is 0 Å².